The van der Waals surface area contributed by atoms with Crippen LogP contribution in [0.25, 0.3) is 11.0 Å². The number of nitrogens with one attached hydrogen (secondary N) is 1. The topological polar surface area (TPSA) is 46.9 Å². The molecule has 2 aromatic rings. The molecule has 0 fully saturated rings. The highest BCUT2D eigenvalue weighted by Gasteiger charge is 2.10. The molecule has 4 nitrogen and oxygen atoms in total. The Hall–Kier alpha value is -2.36. The maximum atomic E-state index is 11.4. The summed E-state index contributed by atoms with van der Waals surface area (Å²) in [5, 5.41) is 2.86. The highest BCUT2D eigenvalue weighted by atomic mass is 16.1. The second-order valence-electron chi connectivity index (χ2n) is 6.49. The van der Waals surface area contributed by atoms with Crippen molar-refractivity contribution < 1.29 is 4.79 Å². The van der Waals surface area contributed by atoms with Gasteiger partial charge in [-0.1, -0.05) is 29.4 Å². The molecule has 1 aromatic carbocycles. The number of aryl methyl sites for hydroxylation is 1. The van der Waals surface area contributed by atoms with E-state index in [0.717, 1.165) is 41.9 Å². The van der Waals surface area contributed by atoms with Crippen LogP contribution in [-0.2, 0) is 11.3 Å². The molecule has 0 saturated carbocycles. The van der Waals surface area contributed by atoms with E-state index >= 15 is 0 Å². The van der Waals surface area contributed by atoms with Crippen LogP contribution in [-0.4, -0.2) is 15.5 Å². The molecule has 4 heteroatoms. The summed E-state index contributed by atoms with van der Waals surface area (Å²) in [6.45, 7) is 10.8. The van der Waals surface area contributed by atoms with Crippen molar-refractivity contribution >= 4 is 22.6 Å². The summed E-state index contributed by atoms with van der Waals surface area (Å²) in [5.41, 5.74) is 5.41. The fourth-order valence-corrected chi connectivity index (χ4v) is 2.72. The Morgan fingerprint density at radius 3 is 2.62 bits per heavy atom. The molecule has 1 aromatic heterocycles. The number of para-hydroxylation sites is 1. The molecule has 0 aliphatic carbocycles. The number of allylic oxidation sites excluding steroid dienone is 4. The third-order valence-corrected chi connectivity index (χ3v) is 3.99. The van der Waals surface area contributed by atoms with Crippen LogP contribution >= 0.6 is 0 Å². The first kappa shape index (κ1) is 18.0. The van der Waals surface area contributed by atoms with Crippen LogP contribution in [0.15, 0.2) is 41.5 Å². The van der Waals surface area contributed by atoms with Crippen molar-refractivity contribution in [1.82, 2.24) is 9.55 Å². The molecule has 0 radical (unpaired) electrons. The number of fused-ring (bicyclic) bond motifs is 1. The number of amides is 1. The number of anilines is 1. The van der Waals surface area contributed by atoms with Crippen LogP contribution in [0.4, 0.5) is 5.69 Å². The second-order valence-corrected chi connectivity index (χ2v) is 6.49. The summed E-state index contributed by atoms with van der Waals surface area (Å²) in [4.78, 5) is 16.0. The van der Waals surface area contributed by atoms with Gasteiger partial charge >= 0.3 is 0 Å². The molecule has 1 amide bonds. The predicted octanol–water partition coefficient (Wildman–Crippen LogP) is 5.00. The smallest absolute Gasteiger partial charge is 0.221 e. The molecule has 0 atom stereocenters. The maximum Gasteiger partial charge on any atom is 0.221 e. The Labute approximate surface area is 144 Å². The van der Waals surface area contributed by atoms with Gasteiger partial charge in [0.25, 0.3) is 0 Å². The maximum absolute atomic E-state index is 11.4. The highest BCUT2D eigenvalue weighted by Crippen LogP contribution is 2.24. The monoisotopic (exact) mass is 325 g/mol. The lowest BCUT2D eigenvalue weighted by Crippen LogP contribution is -2.06. The zero-order chi connectivity index (χ0) is 17.7. The van der Waals surface area contributed by atoms with Gasteiger partial charge in [-0.3, -0.25) is 4.79 Å². The van der Waals surface area contributed by atoms with Gasteiger partial charge in [-0.2, -0.15) is 0 Å². The van der Waals surface area contributed by atoms with E-state index < -0.39 is 0 Å². The van der Waals surface area contributed by atoms with E-state index in [2.05, 4.69) is 47.8 Å². The number of hydrogen-bond donors (Lipinski definition) is 1. The van der Waals surface area contributed by atoms with E-state index in [1.807, 2.05) is 25.1 Å². The number of aromatic nitrogens is 2. The minimum Gasteiger partial charge on any atom is -0.324 e. The van der Waals surface area contributed by atoms with Crippen LogP contribution in [0.5, 0.6) is 0 Å². The first-order chi connectivity index (χ1) is 11.4. The summed E-state index contributed by atoms with van der Waals surface area (Å²) in [5.74, 6) is 0.876. The van der Waals surface area contributed by atoms with Crippen LogP contribution in [0.1, 0.15) is 46.4 Å². The molecule has 0 saturated heterocycles. The number of carbonyl (C=O) groups is 1. The van der Waals surface area contributed by atoms with Gasteiger partial charge in [-0.15, -0.1) is 0 Å². The van der Waals surface area contributed by atoms with Gasteiger partial charge in [0, 0.05) is 13.5 Å². The fourth-order valence-electron chi connectivity index (χ4n) is 2.72. The van der Waals surface area contributed by atoms with E-state index in [9.17, 15) is 4.79 Å². The quantitative estimate of drug-likeness (QED) is 0.760. The second kappa shape index (κ2) is 7.95. The van der Waals surface area contributed by atoms with Crippen LogP contribution in [0.3, 0.4) is 0 Å². The van der Waals surface area contributed by atoms with Crippen LogP contribution in [0.2, 0.25) is 0 Å². The van der Waals surface area contributed by atoms with E-state index in [0.29, 0.717) is 0 Å². The average molecular weight is 325 g/mol. The van der Waals surface area contributed by atoms with E-state index in [1.165, 1.54) is 18.1 Å². The molecule has 2 rings (SSSR count). The van der Waals surface area contributed by atoms with Crippen molar-refractivity contribution in [2.75, 3.05) is 5.32 Å². The third-order valence-electron chi connectivity index (χ3n) is 3.99. The van der Waals surface area contributed by atoms with Gasteiger partial charge < -0.3 is 9.88 Å². The minimum absolute atomic E-state index is 0.0790. The largest absolute Gasteiger partial charge is 0.324 e. The number of rotatable bonds is 6. The molecule has 0 spiro atoms. The lowest BCUT2D eigenvalue weighted by Gasteiger charge is -2.06. The van der Waals surface area contributed by atoms with Crippen molar-refractivity contribution in [3.8, 4) is 0 Å². The van der Waals surface area contributed by atoms with Crippen molar-refractivity contribution in [2.24, 2.45) is 0 Å². The van der Waals surface area contributed by atoms with Crippen molar-refractivity contribution in [3.05, 3.63) is 47.3 Å². The van der Waals surface area contributed by atoms with Gasteiger partial charge in [0.15, 0.2) is 0 Å². The Balaban J connectivity index is 2.22. The predicted molar refractivity (Wildman–Crippen MR) is 101 cm³/mol. The summed E-state index contributed by atoms with van der Waals surface area (Å²) in [6, 6.07) is 5.89. The third kappa shape index (κ3) is 4.57. The lowest BCUT2D eigenvalue weighted by molar-refractivity contribution is -0.114. The van der Waals surface area contributed by atoms with Gasteiger partial charge in [-0.25, -0.2) is 4.98 Å². The summed E-state index contributed by atoms with van der Waals surface area (Å²) >= 11 is 0. The van der Waals surface area contributed by atoms with Gasteiger partial charge in [-0.05, 0) is 52.7 Å². The van der Waals surface area contributed by atoms with E-state index in [1.54, 1.807) is 0 Å². The summed E-state index contributed by atoms with van der Waals surface area (Å²) < 4.78 is 2.19. The number of hydrogen-bond acceptors (Lipinski definition) is 2. The SMILES string of the molecule is CC(=O)Nc1cccc2c1nc(C)n2CC=C(C)CCC=C(C)C. The number of imidazole rings is 1. The zero-order valence-corrected chi connectivity index (χ0v) is 15.3. The van der Waals surface area contributed by atoms with E-state index in [4.69, 9.17) is 0 Å². The molecule has 0 aliphatic rings. The van der Waals surface area contributed by atoms with Crippen molar-refractivity contribution in [3.63, 3.8) is 0 Å². The Morgan fingerprint density at radius 1 is 1.21 bits per heavy atom. The zero-order valence-electron chi connectivity index (χ0n) is 15.3. The standard InChI is InChI=1S/C20H27N3O/c1-14(2)8-6-9-15(3)12-13-23-16(4)21-20-18(22-17(5)24)10-7-11-19(20)23/h7-8,10-12H,6,9,13H2,1-5H3,(H,22,24). The van der Waals surface area contributed by atoms with Gasteiger partial charge in [0.05, 0.1) is 11.2 Å². The first-order valence-electron chi connectivity index (χ1n) is 8.41. The summed E-state index contributed by atoms with van der Waals surface area (Å²) in [6.07, 6.45) is 6.70. The Kier molecular flexibility index (Phi) is 5.96. The number of nitrogens with zero attached hydrogens (tertiary/aromatic N) is 2. The molecule has 1 heterocycles. The average Bonchev–Trinajstić information content (AvgIpc) is 2.81. The molecular formula is C20H27N3O. The highest BCUT2D eigenvalue weighted by molar-refractivity contribution is 5.98. The van der Waals surface area contributed by atoms with E-state index in [-0.39, 0.29) is 5.91 Å². The number of benzene rings is 1. The van der Waals surface area contributed by atoms with Crippen LogP contribution < -0.4 is 5.32 Å². The van der Waals surface area contributed by atoms with Gasteiger partial charge in [0.2, 0.25) is 5.91 Å². The molecule has 128 valence electrons. The first-order valence-corrected chi connectivity index (χ1v) is 8.41. The normalized spacial score (nSPS) is 11.6. The van der Waals surface area contributed by atoms with Crippen molar-refractivity contribution in [1.29, 1.82) is 0 Å². The molecule has 0 unspecified atom stereocenters. The molecule has 24 heavy (non-hydrogen) atoms. The molecule has 1 N–H and O–H groups in total. The molecule has 0 aliphatic heterocycles. The van der Waals surface area contributed by atoms with Crippen LogP contribution in [0, 0.1) is 6.92 Å². The summed E-state index contributed by atoms with van der Waals surface area (Å²) in [7, 11) is 0. The van der Waals surface area contributed by atoms with Gasteiger partial charge in [0.1, 0.15) is 11.3 Å². The number of carbonyl (C=O) groups excluding carboxylic acids is 1. The molecule has 0 bridgehead atoms. The fraction of sp³-hybridized carbons (Fsp3) is 0.400. The van der Waals surface area contributed by atoms with Crippen molar-refractivity contribution in [2.45, 2.75) is 54.0 Å². The lowest BCUT2D eigenvalue weighted by atomic mass is 10.1. The molecular weight excluding hydrogens is 298 g/mol. The Bertz CT molecular complexity index is 793. The Morgan fingerprint density at radius 2 is 1.96 bits per heavy atom. The minimum atomic E-state index is -0.0790.